The SMILES string of the molecule is CCNC(=NCC(C)c1ccsc1)NCCNS(=O)(=O)CC.I. The Labute approximate surface area is 160 Å². The molecule has 0 saturated heterocycles. The predicted molar refractivity (Wildman–Crippen MR) is 110 cm³/mol. The molecular weight excluding hydrogens is 447 g/mol. The maximum absolute atomic E-state index is 11.3. The molecule has 0 fully saturated rings. The van der Waals surface area contributed by atoms with E-state index in [1.165, 1.54) is 5.56 Å². The van der Waals surface area contributed by atoms with Crippen LogP contribution in [0.15, 0.2) is 21.8 Å². The second-order valence-electron chi connectivity index (χ2n) is 4.90. The van der Waals surface area contributed by atoms with Gasteiger partial charge in [0.25, 0.3) is 0 Å². The average Bonchev–Trinajstić information content (AvgIpc) is 3.03. The highest BCUT2D eigenvalue weighted by Gasteiger charge is 2.07. The van der Waals surface area contributed by atoms with Crippen LogP contribution >= 0.6 is 35.3 Å². The standard InChI is InChI=1S/C14H26N4O2S2.HI/c1-4-15-14(16-7-8-18-22(19,20)5-2)17-10-12(3)13-6-9-21-11-13;/h6,9,11-12,18H,4-5,7-8,10H2,1-3H3,(H2,15,16,17);1H. The molecular formula is C14H27IN4O2S2. The van der Waals surface area contributed by atoms with E-state index in [1.54, 1.807) is 18.3 Å². The molecule has 3 N–H and O–H groups in total. The molecule has 1 rings (SSSR count). The van der Waals surface area contributed by atoms with Crippen molar-refractivity contribution in [2.24, 2.45) is 4.99 Å². The first kappa shape index (κ1) is 22.6. The summed E-state index contributed by atoms with van der Waals surface area (Å²) in [6, 6.07) is 2.12. The van der Waals surface area contributed by atoms with E-state index in [2.05, 4.69) is 44.1 Å². The molecule has 0 saturated carbocycles. The van der Waals surface area contributed by atoms with Crippen molar-refractivity contribution in [1.82, 2.24) is 15.4 Å². The number of nitrogens with zero attached hydrogens (tertiary/aromatic N) is 1. The van der Waals surface area contributed by atoms with Crippen molar-refractivity contribution in [2.75, 3.05) is 31.9 Å². The van der Waals surface area contributed by atoms with Crippen LogP contribution in [0.2, 0.25) is 0 Å². The number of guanidine groups is 1. The molecule has 1 aromatic heterocycles. The Balaban J connectivity index is 0.00000484. The van der Waals surface area contributed by atoms with Gasteiger partial charge in [-0.25, -0.2) is 13.1 Å². The molecule has 0 radical (unpaired) electrons. The third-order valence-corrected chi connectivity index (χ3v) is 5.20. The Morgan fingerprint density at radius 3 is 2.61 bits per heavy atom. The van der Waals surface area contributed by atoms with Gasteiger partial charge in [-0.15, -0.1) is 24.0 Å². The van der Waals surface area contributed by atoms with Gasteiger partial charge >= 0.3 is 0 Å². The van der Waals surface area contributed by atoms with Crippen molar-refractivity contribution in [3.8, 4) is 0 Å². The van der Waals surface area contributed by atoms with Gasteiger partial charge < -0.3 is 10.6 Å². The fraction of sp³-hybridized carbons (Fsp3) is 0.643. The first-order chi connectivity index (χ1) is 10.5. The fourth-order valence-corrected chi connectivity index (χ4v) is 3.12. The van der Waals surface area contributed by atoms with Gasteiger partial charge in [0, 0.05) is 32.1 Å². The van der Waals surface area contributed by atoms with E-state index >= 15 is 0 Å². The Kier molecular flexibility index (Phi) is 11.8. The zero-order valence-corrected chi connectivity index (χ0v) is 17.8. The van der Waals surface area contributed by atoms with Crippen LogP contribution in [-0.4, -0.2) is 46.3 Å². The van der Waals surface area contributed by atoms with Crippen LogP contribution in [0.25, 0.3) is 0 Å². The number of halogens is 1. The van der Waals surface area contributed by atoms with Gasteiger partial charge in [0.15, 0.2) is 5.96 Å². The zero-order valence-electron chi connectivity index (χ0n) is 13.8. The van der Waals surface area contributed by atoms with Crippen molar-refractivity contribution in [3.63, 3.8) is 0 Å². The summed E-state index contributed by atoms with van der Waals surface area (Å²) in [7, 11) is -3.13. The Hall–Kier alpha value is -0.390. The highest BCUT2D eigenvalue weighted by atomic mass is 127. The van der Waals surface area contributed by atoms with E-state index in [4.69, 9.17) is 0 Å². The summed E-state index contributed by atoms with van der Waals surface area (Å²) in [5, 5.41) is 10.5. The highest BCUT2D eigenvalue weighted by molar-refractivity contribution is 14.0. The lowest BCUT2D eigenvalue weighted by molar-refractivity contribution is 0.581. The molecule has 1 atom stereocenters. The van der Waals surface area contributed by atoms with Gasteiger partial charge in [-0.2, -0.15) is 11.3 Å². The number of hydrogen-bond acceptors (Lipinski definition) is 4. The molecule has 0 spiro atoms. The Morgan fingerprint density at radius 1 is 1.30 bits per heavy atom. The van der Waals surface area contributed by atoms with Crippen LogP contribution in [0.5, 0.6) is 0 Å². The van der Waals surface area contributed by atoms with E-state index in [1.807, 2.05) is 6.92 Å². The van der Waals surface area contributed by atoms with Crippen LogP contribution in [-0.2, 0) is 10.0 Å². The van der Waals surface area contributed by atoms with Crippen molar-refractivity contribution in [1.29, 1.82) is 0 Å². The quantitative estimate of drug-likeness (QED) is 0.221. The van der Waals surface area contributed by atoms with Crippen LogP contribution < -0.4 is 15.4 Å². The van der Waals surface area contributed by atoms with E-state index < -0.39 is 10.0 Å². The Morgan fingerprint density at radius 2 is 2.04 bits per heavy atom. The summed E-state index contributed by atoms with van der Waals surface area (Å²) >= 11 is 1.69. The molecule has 9 heteroatoms. The summed E-state index contributed by atoms with van der Waals surface area (Å²) < 4.78 is 25.2. The molecule has 0 aliphatic heterocycles. The largest absolute Gasteiger partial charge is 0.357 e. The van der Waals surface area contributed by atoms with E-state index in [0.717, 1.165) is 6.54 Å². The summed E-state index contributed by atoms with van der Waals surface area (Å²) in [4.78, 5) is 4.55. The minimum atomic E-state index is -3.13. The lowest BCUT2D eigenvalue weighted by atomic mass is 10.1. The summed E-state index contributed by atoms with van der Waals surface area (Å²) in [5.74, 6) is 1.17. The smallest absolute Gasteiger partial charge is 0.211 e. The van der Waals surface area contributed by atoms with Gasteiger partial charge in [0.05, 0.1) is 5.75 Å². The molecule has 1 aromatic rings. The van der Waals surface area contributed by atoms with E-state index in [-0.39, 0.29) is 29.7 Å². The monoisotopic (exact) mass is 474 g/mol. The number of nitrogens with one attached hydrogen (secondary N) is 3. The average molecular weight is 474 g/mol. The zero-order chi connectivity index (χ0) is 16.4. The molecule has 1 heterocycles. The van der Waals surface area contributed by atoms with Crippen LogP contribution in [0, 0.1) is 0 Å². The second-order valence-corrected chi connectivity index (χ2v) is 7.78. The normalized spacial score (nSPS) is 13.3. The van der Waals surface area contributed by atoms with E-state index in [0.29, 0.717) is 31.5 Å². The predicted octanol–water partition coefficient (Wildman–Crippen LogP) is 1.96. The van der Waals surface area contributed by atoms with Gasteiger partial charge in [-0.1, -0.05) is 6.92 Å². The maximum atomic E-state index is 11.3. The molecule has 0 aliphatic carbocycles. The summed E-state index contributed by atoms with van der Waals surface area (Å²) in [6.45, 7) is 8.06. The van der Waals surface area contributed by atoms with Gasteiger partial charge in [0.2, 0.25) is 10.0 Å². The lowest BCUT2D eigenvalue weighted by Crippen LogP contribution is -2.41. The fourth-order valence-electron chi connectivity index (χ4n) is 1.72. The summed E-state index contributed by atoms with van der Waals surface area (Å²) in [5.41, 5.74) is 1.29. The lowest BCUT2D eigenvalue weighted by Gasteiger charge is -2.13. The van der Waals surface area contributed by atoms with Gasteiger partial charge in [-0.3, -0.25) is 4.99 Å². The maximum Gasteiger partial charge on any atom is 0.211 e. The first-order valence-corrected chi connectivity index (χ1v) is 10.1. The minimum absolute atomic E-state index is 0. The van der Waals surface area contributed by atoms with Crippen LogP contribution in [0.1, 0.15) is 32.3 Å². The van der Waals surface area contributed by atoms with Crippen LogP contribution in [0.4, 0.5) is 0 Å². The van der Waals surface area contributed by atoms with Gasteiger partial charge in [-0.05, 0) is 36.2 Å². The van der Waals surface area contributed by atoms with Crippen molar-refractivity contribution in [3.05, 3.63) is 22.4 Å². The number of rotatable bonds is 9. The van der Waals surface area contributed by atoms with E-state index in [9.17, 15) is 8.42 Å². The van der Waals surface area contributed by atoms with Crippen molar-refractivity contribution >= 4 is 51.3 Å². The first-order valence-electron chi connectivity index (χ1n) is 7.50. The molecule has 0 bridgehead atoms. The molecule has 134 valence electrons. The molecule has 1 unspecified atom stereocenters. The van der Waals surface area contributed by atoms with Crippen LogP contribution in [0.3, 0.4) is 0 Å². The van der Waals surface area contributed by atoms with Crippen molar-refractivity contribution in [2.45, 2.75) is 26.7 Å². The topological polar surface area (TPSA) is 82.6 Å². The molecule has 0 aromatic carbocycles. The third kappa shape index (κ3) is 9.48. The molecule has 0 amide bonds. The Bertz CT molecular complexity index is 547. The summed E-state index contributed by atoms with van der Waals surface area (Å²) in [6.07, 6.45) is 0. The molecule has 0 aliphatic rings. The molecule has 23 heavy (non-hydrogen) atoms. The number of thiophene rings is 1. The van der Waals surface area contributed by atoms with Crippen molar-refractivity contribution < 1.29 is 8.42 Å². The highest BCUT2D eigenvalue weighted by Crippen LogP contribution is 2.18. The third-order valence-electron chi connectivity index (χ3n) is 3.10. The molecule has 6 nitrogen and oxygen atoms in total. The number of sulfonamides is 1. The number of hydrogen-bond donors (Lipinski definition) is 3. The minimum Gasteiger partial charge on any atom is -0.357 e. The number of aliphatic imine (C=N–C) groups is 1. The van der Waals surface area contributed by atoms with Gasteiger partial charge in [0.1, 0.15) is 0 Å². The second kappa shape index (κ2) is 12.0.